The van der Waals surface area contributed by atoms with Crippen LogP contribution in [0.3, 0.4) is 0 Å². The molecule has 2 atom stereocenters. The van der Waals surface area contributed by atoms with Crippen LogP contribution >= 0.6 is 0 Å². The van der Waals surface area contributed by atoms with Crippen LogP contribution in [0, 0.1) is 0 Å². The molecule has 0 spiro atoms. The van der Waals surface area contributed by atoms with E-state index in [1.54, 1.807) is 23.1 Å². The van der Waals surface area contributed by atoms with Crippen LogP contribution in [0.1, 0.15) is 38.7 Å². The van der Waals surface area contributed by atoms with Crippen molar-refractivity contribution in [2.24, 2.45) is 4.99 Å². The third-order valence-electron chi connectivity index (χ3n) is 4.87. The number of amides is 1. The lowest BCUT2D eigenvalue weighted by Crippen LogP contribution is -2.49. The molecule has 8 nitrogen and oxygen atoms in total. The molecule has 1 fully saturated rings. The van der Waals surface area contributed by atoms with E-state index >= 15 is 0 Å². The van der Waals surface area contributed by atoms with Crippen LogP contribution in [0.2, 0.25) is 0 Å². The maximum atomic E-state index is 12.4. The molecular weight excluding hydrogens is 370 g/mol. The second-order valence-electron chi connectivity index (χ2n) is 6.86. The van der Waals surface area contributed by atoms with Crippen LogP contribution in [0.5, 0.6) is 0 Å². The van der Waals surface area contributed by atoms with Crippen molar-refractivity contribution >= 4 is 27.7 Å². The molecule has 0 aliphatic carbocycles. The summed E-state index contributed by atoms with van der Waals surface area (Å²) in [4.78, 5) is 30.2. The predicted molar refractivity (Wildman–Crippen MR) is 98.7 cm³/mol. The molecule has 0 saturated carbocycles. The van der Waals surface area contributed by atoms with Gasteiger partial charge in [-0.3, -0.25) is 19.3 Å². The molecule has 2 aliphatic heterocycles. The molecule has 0 bridgehead atoms. The highest BCUT2D eigenvalue weighted by molar-refractivity contribution is 7.90. The summed E-state index contributed by atoms with van der Waals surface area (Å²) in [5.41, 5.74) is 0.414. The lowest BCUT2D eigenvalue weighted by Gasteiger charge is -2.38. The third-order valence-corrected chi connectivity index (χ3v) is 6.26. The van der Waals surface area contributed by atoms with Gasteiger partial charge in [0.2, 0.25) is 0 Å². The predicted octanol–water partition coefficient (Wildman–Crippen LogP) is 1.06. The van der Waals surface area contributed by atoms with E-state index in [1.165, 1.54) is 6.07 Å². The molecule has 9 heteroatoms. The average molecular weight is 393 g/mol. The third kappa shape index (κ3) is 4.13. The first kappa shape index (κ1) is 19.3. The monoisotopic (exact) mass is 393 g/mol. The summed E-state index contributed by atoms with van der Waals surface area (Å²) in [6.45, 7) is 3.28. The van der Waals surface area contributed by atoms with Crippen LogP contribution in [0.25, 0.3) is 0 Å². The van der Waals surface area contributed by atoms with Crippen LogP contribution < -0.4 is 4.72 Å². The standard InChI is InChI=1S/C18H23N3O5S/c1-12-6-5-7-13(2)21(12)16(22)11-26-17(23)10-19-18-14-8-3-4-9-15(14)27(24,25)20-18/h3-4,8-9,12-13H,5-7,10-11H2,1-2H3,(H,19,20)/t12-,13-/m1/s1. The van der Waals surface area contributed by atoms with Gasteiger partial charge in [-0.05, 0) is 45.2 Å². The Hall–Kier alpha value is -2.42. The van der Waals surface area contributed by atoms with E-state index < -0.39 is 16.0 Å². The molecule has 1 amide bonds. The Morgan fingerprint density at radius 3 is 2.59 bits per heavy atom. The minimum absolute atomic E-state index is 0.104. The van der Waals surface area contributed by atoms with Gasteiger partial charge in [0.05, 0.1) is 4.90 Å². The smallest absolute Gasteiger partial charge is 0.328 e. The van der Waals surface area contributed by atoms with E-state index in [-0.39, 0.29) is 41.9 Å². The molecule has 1 N–H and O–H groups in total. The molecule has 2 aliphatic rings. The number of likely N-dealkylation sites (tertiary alicyclic amines) is 1. The molecule has 0 radical (unpaired) electrons. The molecule has 0 unspecified atom stereocenters. The number of sulfonamides is 1. The molecule has 3 rings (SSSR count). The lowest BCUT2D eigenvalue weighted by molar-refractivity contribution is -0.153. The molecule has 1 saturated heterocycles. The summed E-state index contributed by atoms with van der Waals surface area (Å²) in [6, 6.07) is 6.64. The van der Waals surface area contributed by atoms with E-state index in [0.717, 1.165) is 19.3 Å². The van der Waals surface area contributed by atoms with Gasteiger partial charge >= 0.3 is 5.97 Å². The van der Waals surface area contributed by atoms with Gasteiger partial charge in [0, 0.05) is 17.6 Å². The number of nitrogens with one attached hydrogen (secondary N) is 1. The van der Waals surface area contributed by atoms with Gasteiger partial charge in [-0.1, -0.05) is 12.1 Å². The number of carbonyl (C=O) groups excluding carboxylic acids is 2. The number of nitrogens with zero attached hydrogens (tertiary/aromatic N) is 2. The van der Waals surface area contributed by atoms with Crippen LogP contribution in [0.4, 0.5) is 0 Å². The van der Waals surface area contributed by atoms with Crippen molar-refractivity contribution in [3.63, 3.8) is 0 Å². The van der Waals surface area contributed by atoms with Crippen molar-refractivity contribution < 1.29 is 22.7 Å². The number of piperidine rings is 1. The number of hydrogen-bond acceptors (Lipinski definition) is 6. The van der Waals surface area contributed by atoms with E-state index in [2.05, 4.69) is 9.71 Å². The first-order chi connectivity index (χ1) is 12.8. The van der Waals surface area contributed by atoms with Crippen molar-refractivity contribution in [3.8, 4) is 0 Å². The Morgan fingerprint density at radius 1 is 1.22 bits per heavy atom. The number of aliphatic imine (C=N–C) groups is 1. The van der Waals surface area contributed by atoms with Crippen LogP contribution in [-0.2, 0) is 24.3 Å². The van der Waals surface area contributed by atoms with Gasteiger partial charge in [0.1, 0.15) is 12.4 Å². The van der Waals surface area contributed by atoms with E-state index in [4.69, 9.17) is 4.74 Å². The highest BCUT2D eigenvalue weighted by Crippen LogP contribution is 2.23. The summed E-state index contributed by atoms with van der Waals surface area (Å²) in [5.74, 6) is -0.800. The SMILES string of the molecule is C[C@@H]1CCC[C@@H](C)N1C(=O)COC(=O)CN=C1NS(=O)(=O)c2ccccc21. The Bertz CT molecular complexity index is 871. The van der Waals surface area contributed by atoms with Gasteiger partial charge in [-0.15, -0.1) is 0 Å². The number of ether oxygens (including phenoxy) is 1. The summed E-state index contributed by atoms with van der Waals surface area (Å²) in [6.07, 6.45) is 2.97. The average Bonchev–Trinajstić information content (AvgIpc) is 2.89. The fourth-order valence-electron chi connectivity index (χ4n) is 3.57. The number of carbonyl (C=O) groups is 2. The quantitative estimate of drug-likeness (QED) is 0.770. The Labute approximate surface area is 158 Å². The molecule has 27 heavy (non-hydrogen) atoms. The van der Waals surface area contributed by atoms with Gasteiger partial charge < -0.3 is 9.64 Å². The van der Waals surface area contributed by atoms with Crippen molar-refractivity contribution in [3.05, 3.63) is 29.8 Å². The van der Waals surface area contributed by atoms with Gasteiger partial charge in [0.25, 0.3) is 15.9 Å². The molecule has 2 heterocycles. The normalized spacial score (nSPS) is 25.0. The fraction of sp³-hybridized carbons (Fsp3) is 0.500. The number of rotatable bonds is 4. The Kier molecular flexibility index (Phi) is 5.50. The van der Waals surface area contributed by atoms with Gasteiger partial charge in [-0.25, -0.2) is 8.42 Å². The highest BCUT2D eigenvalue weighted by atomic mass is 32.2. The maximum absolute atomic E-state index is 12.4. The second-order valence-corrected chi connectivity index (χ2v) is 8.51. The number of hydrogen-bond donors (Lipinski definition) is 1. The second kappa shape index (κ2) is 7.67. The van der Waals surface area contributed by atoms with Crippen LogP contribution in [-0.4, -0.2) is 56.3 Å². The summed E-state index contributed by atoms with van der Waals surface area (Å²) >= 11 is 0. The fourth-order valence-corrected chi connectivity index (χ4v) is 4.82. The molecular formula is C18H23N3O5S. The molecule has 1 aromatic rings. The minimum Gasteiger partial charge on any atom is -0.454 e. The van der Waals surface area contributed by atoms with E-state index in [9.17, 15) is 18.0 Å². The summed E-state index contributed by atoms with van der Waals surface area (Å²) in [7, 11) is -3.65. The van der Waals surface area contributed by atoms with E-state index in [0.29, 0.717) is 5.56 Å². The zero-order valence-electron chi connectivity index (χ0n) is 15.3. The summed E-state index contributed by atoms with van der Waals surface area (Å²) in [5, 5.41) is 0. The first-order valence-corrected chi connectivity index (χ1v) is 10.4. The molecule has 1 aromatic carbocycles. The van der Waals surface area contributed by atoms with Crippen molar-refractivity contribution in [2.45, 2.75) is 50.1 Å². The Balaban J connectivity index is 1.58. The van der Waals surface area contributed by atoms with Gasteiger partial charge in [-0.2, -0.15) is 0 Å². The van der Waals surface area contributed by atoms with Gasteiger partial charge in [0.15, 0.2) is 6.61 Å². The number of esters is 1. The number of benzene rings is 1. The van der Waals surface area contributed by atoms with Crippen LogP contribution in [0.15, 0.2) is 34.2 Å². The zero-order chi connectivity index (χ0) is 19.6. The number of fused-ring (bicyclic) bond motifs is 1. The van der Waals surface area contributed by atoms with Crippen molar-refractivity contribution in [1.29, 1.82) is 0 Å². The first-order valence-electron chi connectivity index (χ1n) is 8.93. The maximum Gasteiger partial charge on any atom is 0.328 e. The van der Waals surface area contributed by atoms with Crippen molar-refractivity contribution in [2.75, 3.05) is 13.2 Å². The highest BCUT2D eigenvalue weighted by Gasteiger charge is 2.31. The minimum atomic E-state index is -3.65. The van der Waals surface area contributed by atoms with Crippen molar-refractivity contribution in [1.82, 2.24) is 9.62 Å². The number of amidine groups is 1. The molecule has 0 aromatic heterocycles. The molecule has 146 valence electrons. The topological polar surface area (TPSA) is 105 Å². The largest absolute Gasteiger partial charge is 0.454 e. The zero-order valence-corrected chi connectivity index (χ0v) is 16.2. The summed E-state index contributed by atoms with van der Waals surface area (Å²) < 4.78 is 31.4. The lowest BCUT2D eigenvalue weighted by atomic mass is 9.97. The Morgan fingerprint density at radius 2 is 1.89 bits per heavy atom. The van der Waals surface area contributed by atoms with E-state index in [1.807, 2.05) is 13.8 Å².